The van der Waals surface area contributed by atoms with Crippen molar-refractivity contribution in [1.82, 2.24) is 10.2 Å². The largest absolute Gasteiger partial charge is 0.368 e. The average molecular weight is 279 g/mol. The number of halogens is 1. The molecule has 5 nitrogen and oxygen atoms in total. The molecule has 1 fully saturated rings. The number of amides is 2. The summed E-state index contributed by atoms with van der Waals surface area (Å²) in [5.74, 6) is -0.264. The van der Waals surface area contributed by atoms with Crippen molar-refractivity contribution in [3.05, 3.63) is 29.8 Å². The lowest BCUT2D eigenvalue weighted by molar-refractivity contribution is -0.118. The molecule has 2 amide bonds. The van der Waals surface area contributed by atoms with Crippen LogP contribution in [0.4, 0.5) is 10.1 Å². The van der Waals surface area contributed by atoms with Gasteiger partial charge in [-0.3, -0.25) is 9.59 Å². The van der Waals surface area contributed by atoms with Crippen molar-refractivity contribution in [1.29, 1.82) is 0 Å². The Labute approximate surface area is 117 Å². The second-order valence-electron chi connectivity index (χ2n) is 4.62. The van der Waals surface area contributed by atoms with Gasteiger partial charge in [0.25, 0.3) is 5.91 Å². The zero-order valence-corrected chi connectivity index (χ0v) is 11.2. The van der Waals surface area contributed by atoms with Gasteiger partial charge in [0.1, 0.15) is 6.67 Å². The summed E-state index contributed by atoms with van der Waals surface area (Å²) in [6.07, 6.45) is 0.871. The number of carbonyl (C=O) groups is 2. The molecule has 6 heteroatoms. The van der Waals surface area contributed by atoms with Gasteiger partial charge >= 0.3 is 0 Å². The molecule has 1 aliphatic rings. The van der Waals surface area contributed by atoms with Crippen LogP contribution in [0.15, 0.2) is 24.3 Å². The van der Waals surface area contributed by atoms with Crippen molar-refractivity contribution in [3.8, 4) is 0 Å². The Balaban J connectivity index is 1.94. The first-order chi connectivity index (χ1) is 9.74. The molecule has 1 aromatic carbocycles. The zero-order chi connectivity index (χ0) is 14.4. The Kier molecular flexibility index (Phi) is 4.92. The van der Waals surface area contributed by atoms with Crippen LogP contribution >= 0.6 is 0 Å². The molecule has 0 atom stereocenters. The highest BCUT2D eigenvalue weighted by Gasteiger charge is 2.16. The predicted molar refractivity (Wildman–Crippen MR) is 74.6 cm³/mol. The number of piperazine rings is 1. The number of nitrogens with one attached hydrogen (secondary N) is 1. The van der Waals surface area contributed by atoms with Gasteiger partial charge in [-0.1, -0.05) is 0 Å². The van der Waals surface area contributed by atoms with Crippen molar-refractivity contribution in [2.45, 2.75) is 0 Å². The van der Waals surface area contributed by atoms with Crippen molar-refractivity contribution in [2.24, 2.45) is 0 Å². The third-order valence-electron chi connectivity index (χ3n) is 3.34. The number of nitrogens with zero attached hydrogens (tertiary/aromatic N) is 2. The molecule has 0 aromatic heterocycles. The van der Waals surface area contributed by atoms with Crippen LogP contribution in [0.2, 0.25) is 0 Å². The number of anilines is 1. The Hall–Kier alpha value is -2.11. The van der Waals surface area contributed by atoms with E-state index in [2.05, 4.69) is 10.2 Å². The quantitative estimate of drug-likeness (QED) is 0.806. The van der Waals surface area contributed by atoms with Gasteiger partial charge < -0.3 is 15.1 Å². The molecule has 0 unspecified atom stereocenters. The van der Waals surface area contributed by atoms with Crippen LogP contribution in [0.25, 0.3) is 0 Å². The summed E-state index contributed by atoms with van der Waals surface area (Å²) in [5.41, 5.74) is 1.55. The van der Waals surface area contributed by atoms with Crippen LogP contribution in [0, 0.1) is 0 Å². The van der Waals surface area contributed by atoms with E-state index in [-0.39, 0.29) is 12.5 Å². The van der Waals surface area contributed by atoms with E-state index in [1.54, 1.807) is 17.0 Å². The summed E-state index contributed by atoms with van der Waals surface area (Å²) >= 11 is 0. The van der Waals surface area contributed by atoms with Gasteiger partial charge in [-0.2, -0.15) is 0 Å². The maximum Gasteiger partial charge on any atom is 0.251 e. The molecule has 20 heavy (non-hydrogen) atoms. The molecular formula is C14H18FN3O2. The van der Waals surface area contributed by atoms with Gasteiger partial charge in [0.05, 0.1) is 0 Å². The molecule has 1 N–H and O–H groups in total. The minimum absolute atomic E-state index is 0.0360. The van der Waals surface area contributed by atoms with Gasteiger partial charge in [0.2, 0.25) is 6.41 Å². The molecule has 108 valence electrons. The van der Waals surface area contributed by atoms with Crippen molar-refractivity contribution >= 4 is 18.0 Å². The van der Waals surface area contributed by atoms with Crippen LogP contribution in [-0.4, -0.2) is 56.6 Å². The molecule has 0 radical (unpaired) electrons. The minimum atomic E-state index is -0.565. The van der Waals surface area contributed by atoms with Crippen LogP contribution in [-0.2, 0) is 4.79 Å². The molecule has 0 spiro atoms. The Morgan fingerprint density at radius 3 is 2.40 bits per heavy atom. The molecule has 0 aliphatic carbocycles. The minimum Gasteiger partial charge on any atom is -0.368 e. The van der Waals surface area contributed by atoms with Crippen LogP contribution < -0.4 is 10.2 Å². The van der Waals surface area contributed by atoms with Gasteiger partial charge in [0, 0.05) is 44.0 Å². The average Bonchev–Trinajstić information content (AvgIpc) is 2.53. The third-order valence-corrected chi connectivity index (χ3v) is 3.34. The number of benzene rings is 1. The molecule has 1 saturated heterocycles. The molecule has 1 heterocycles. The molecule has 0 bridgehead atoms. The maximum atomic E-state index is 12.0. The summed E-state index contributed by atoms with van der Waals surface area (Å²) in [5, 5.41) is 2.49. The van der Waals surface area contributed by atoms with E-state index in [4.69, 9.17) is 0 Å². The first-order valence-electron chi connectivity index (χ1n) is 6.63. The number of hydrogen-bond acceptors (Lipinski definition) is 3. The summed E-state index contributed by atoms with van der Waals surface area (Å²) in [4.78, 5) is 26.2. The van der Waals surface area contributed by atoms with E-state index in [0.717, 1.165) is 25.2 Å². The van der Waals surface area contributed by atoms with Crippen molar-refractivity contribution in [3.63, 3.8) is 0 Å². The lowest BCUT2D eigenvalue weighted by Gasteiger charge is -2.34. The van der Waals surface area contributed by atoms with E-state index in [0.29, 0.717) is 18.7 Å². The maximum absolute atomic E-state index is 12.0. The van der Waals surface area contributed by atoms with E-state index >= 15 is 0 Å². The first kappa shape index (κ1) is 14.3. The smallest absolute Gasteiger partial charge is 0.251 e. The number of carbonyl (C=O) groups excluding carboxylic acids is 2. The van der Waals surface area contributed by atoms with Gasteiger partial charge in [0.15, 0.2) is 0 Å². The molecule has 1 aromatic rings. The fourth-order valence-electron chi connectivity index (χ4n) is 2.17. The van der Waals surface area contributed by atoms with Gasteiger partial charge in [-0.25, -0.2) is 4.39 Å². The number of hydrogen-bond donors (Lipinski definition) is 1. The second kappa shape index (κ2) is 6.88. The Morgan fingerprint density at radius 2 is 1.85 bits per heavy atom. The fourth-order valence-corrected chi connectivity index (χ4v) is 2.17. The van der Waals surface area contributed by atoms with E-state index in [1.807, 2.05) is 12.1 Å². The lowest BCUT2D eigenvalue weighted by atomic mass is 10.1. The topological polar surface area (TPSA) is 52.7 Å². The molecule has 0 saturated carbocycles. The third kappa shape index (κ3) is 3.46. The van der Waals surface area contributed by atoms with Gasteiger partial charge in [-0.05, 0) is 24.3 Å². The van der Waals surface area contributed by atoms with Crippen LogP contribution in [0.5, 0.6) is 0 Å². The van der Waals surface area contributed by atoms with Crippen molar-refractivity contribution < 1.29 is 14.0 Å². The summed E-state index contributed by atoms with van der Waals surface area (Å²) < 4.78 is 12.0. The normalized spacial score (nSPS) is 15.1. The monoisotopic (exact) mass is 279 g/mol. The number of alkyl halides is 1. The number of rotatable bonds is 5. The Morgan fingerprint density at radius 1 is 1.20 bits per heavy atom. The lowest BCUT2D eigenvalue weighted by Crippen LogP contribution is -2.45. The Bertz CT molecular complexity index is 456. The highest BCUT2D eigenvalue weighted by molar-refractivity contribution is 5.94. The zero-order valence-electron chi connectivity index (χ0n) is 11.2. The standard InChI is InChI=1S/C14H18FN3O2/c15-5-6-16-14(20)12-1-3-13(4-2-12)18-9-7-17(11-19)8-10-18/h1-4,11H,5-10H2,(H,16,20). The highest BCUT2D eigenvalue weighted by Crippen LogP contribution is 2.17. The highest BCUT2D eigenvalue weighted by atomic mass is 19.1. The van der Waals surface area contributed by atoms with Crippen molar-refractivity contribution in [2.75, 3.05) is 44.3 Å². The van der Waals surface area contributed by atoms with Gasteiger partial charge in [-0.15, -0.1) is 0 Å². The molecule has 2 rings (SSSR count). The summed E-state index contributed by atoms with van der Waals surface area (Å²) in [7, 11) is 0. The van der Waals surface area contributed by atoms with Crippen LogP contribution in [0.3, 0.4) is 0 Å². The molecule has 1 aliphatic heterocycles. The summed E-state index contributed by atoms with van der Waals surface area (Å²) in [6, 6.07) is 7.21. The van der Waals surface area contributed by atoms with Crippen LogP contribution in [0.1, 0.15) is 10.4 Å². The SMILES string of the molecule is O=CN1CCN(c2ccc(C(=O)NCCF)cc2)CC1. The molecular weight excluding hydrogens is 261 g/mol. The van der Waals surface area contributed by atoms with E-state index in [9.17, 15) is 14.0 Å². The second-order valence-corrected chi connectivity index (χ2v) is 4.62. The van der Waals surface area contributed by atoms with E-state index in [1.165, 1.54) is 0 Å². The van der Waals surface area contributed by atoms with E-state index < -0.39 is 6.67 Å². The summed E-state index contributed by atoms with van der Waals surface area (Å²) in [6.45, 7) is 2.46. The fraction of sp³-hybridized carbons (Fsp3) is 0.429. The predicted octanol–water partition coefficient (Wildman–Crippen LogP) is 0.664. The first-order valence-corrected chi connectivity index (χ1v) is 6.63.